The van der Waals surface area contributed by atoms with Crippen molar-refractivity contribution in [3.8, 4) is 17.2 Å². The number of ether oxygens (including phenoxy) is 3. The number of halogens is 1. The Bertz CT molecular complexity index is 720. The lowest BCUT2D eigenvalue weighted by molar-refractivity contribution is -0.123. The smallest absolute Gasteiger partial charge is 0.277 e. The Balaban J connectivity index is 1.93. The van der Waals surface area contributed by atoms with Crippen molar-refractivity contribution in [3.05, 3.63) is 52.5 Å². The highest BCUT2D eigenvalue weighted by Crippen LogP contribution is 2.31. The van der Waals surface area contributed by atoms with Crippen LogP contribution in [0.4, 0.5) is 0 Å². The summed E-state index contributed by atoms with van der Waals surface area (Å²) in [5, 5.41) is 3.91. The van der Waals surface area contributed by atoms with Crippen LogP contribution in [0.2, 0.25) is 0 Å². The van der Waals surface area contributed by atoms with Crippen molar-refractivity contribution in [1.82, 2.24) is 5.43 Å². The maximum Gasteiger partial charge on any atom is 0.277 e. The number of hydrazone groups is 1. The quantitative estimate of drug-likeness (QED) is 0.580. The van der Waals surface area contributed by atoms with E-state index in [0.29, 0.717) is 22.8 Å². The molecule has 0 radical (unpaired) electrons. The van der Waals surface area contributed by atoms with Crippen LogP contribution in [0.1, 0.15) is 5.56 Å². The van der Waals surface area contributed by atoms with Crippen molar-refractivity contribution in [1.29, 1.82) is 0 Å². The summed E-state index contributed by atoms with van der Waals surface area (Å²) in [4.78, 5) is 11.7. The average molecular weight is 393 g/mol. The summed E-state index contributed by atoms with van der Waals surface area (Å²) >= 11 is 3.39. The van der Waals surface area contributed by atoms with Gasteiger partial charge in [-0.15, -0.1) is 0 Å². The fourth-order valence-electron chi connectivity index (χ4n) is 1.86. The highest BCUT2D eigenvalue weighted by Gasteiger charge is 2.08. The number of methoxy groups -OCH3 is 2. The fraction of sp³-hybridized carbons (Fsp3) is 0.176. The predicted octanol–water partition coefficient (Wildman–Crippen LogP) is 3.00. The molecule has 1 N–H and O–H groups in total. The van der Waals surface area contributed by atoms with Crippen molar-refractivity contribution >= 4 is 28.1 Å². The zero-order valence-corrected chi connectivity index (χ0v) is 14.9. The number of carbonyl (C=O) groups excluding carboxylic acids is 1. The molecule has 2 aromatic carbocycles. The Morgan fingerprint density at radius 3 is 2.54 bits per heavy atom. The number of hydrogen-bond acceptors (Lipinski definition) is 5. The van der Waals surface area contributed by atoms with E-state index in [1.807, 2.05) is 18.2 Å². The van der Waals surface area contributed by atoms with Crippen LogP contribution in [-0.4, -0.2) is 32.9 Å². The van der Waals surface area contributed by atoms with Gasteiger partial charge in [-0.2, -0.15) is 5.10 Å². The topological polar surface area (TPSA) is 69.2 Å². The van der Waals surface area contributed by atoms with E-state index in [9.17, 15) is 4.79 Å². The van der Waals surface area contributed by atoms with Crippen molar-refractivity contribution in [2.45, 2.75) is 0 Å². The number of para-hydroxylation sites is 1. The van der Waals surface area contributed by atoms with Gasteiger partial charge >= 0.3 is 0 Å². The molecule has 0 unspecified atom stereocenters. The molecular weight excluding hydrogens is 376 g/mol. The van der Waals surface area contributed by atoms with Gasteiger partial charge < -0.3 is 14.2 Å². The first-order chi connectivity index (χ1) is 11.6. The molecular formula is C17H17BrN2O4. The van der Waals surface area contributed by atoms with Gasteiger partial charge in [0, 0.05) is 11.6 Å². The first-order valence-corrected chi connectivity index (χ1v) is 7.84. The third-order valence-electron chi connectivity index (χ3n) is 3.01. The van der Waals surface area contributed by atoms with E-state index in [-0.39, 0.29) is 12.5 Å². The highest BCUT2D eigenvalue weighted by atomic mass is 79.9. The van der Waals surface area contributed by atoms with Crippen LogP contribution >= 0.6 is 15.9 Å². The molecule has 0 saturated carbocycles. The van der Waals surface area contributed by atoms with Crippen LogP contribution in [0.25, 0.3) is 0 Å². The van der Waals surface area contributed by atoms with Crippen molar-refractivity contribution in [2.24, 2.45) is 5.10 Å². The highest BCUT2D eigenvalue weighted by molar-refractivity contribution is 9.10. The molecule has 6 nitrogen and oxygen atoms in total. The molecule has 0 spiro atoms. The summed E-state index contributed by atoms with van der Waals surface area (Å²) in [6.07, 6.45) is 1.49. The molecule has 126 valence electrons. The number of benzene rings is 2. The Morgan fingerprint density at radius 2 is 1.88 bits per heavy atom. The molecule has 24 heavy (non-hydrogen) atoms. The van der Waals surface area contributed by atoms with Gasteiger partial charge in [-0.05, 0) is 34.1 Å². The normalized spacial score (nSPS) is 10.5. The van der Waals surface area contributed by atoms with E-state index >= 15 is 0 Å². The summed E-state index contributed by atoms with van der Waals surface area (Å²) in [5.74, 6) is 1.48. The first kappa shape index (κ1) is 17.8. The van der Waals surface area contributed by atoms with Gasteiger partial charge in [0.25, 0.3) is 5.91 Å². The van der Waals surface area contributed by atoms with E-state index in [0.717, 1.165) is 4.47 Å². The minimum absolute atomic E-state index is 0.120. The molecule has 0 aromatic heterocycles. The van der Waals surface area contributed by atoms with Crippen LogP contribution in [0, 0.1) is 0 Å². The van der Waals surface area contributed by atoms with Crippen LogP contribution in [-0.2, 0) is 4.79 Å². The van der Waals surface area contributed by atoms with Gasteiger partial charge in [-0.25, -0.2) is 5.43 Å². The number of carbonyl (C=O) groups is 1. The van der Waals surface area contributed by atoms with E-state index in [1.165, 1.54) is 6.21 Å². The van der Waals surface area contributed by atoms with Crippen LogP contribution in [0.15, 0.2) is 52.0 Å². The van der Waals surface area contributed by atoms with Gasteiger partial charge in [-0.1, -0.05) is 18.2 Å². The fourth-order valence-corrected chi connectivity index (χ4v) is 2.38. The Morgan fingerprint density at radius 1 is 1.17 bits per heavy atom. The van der Waals surface area contributed by atoms with Crippen molar-refractivity contribution < 1.29 is 19.0 Å². The summed E-state index contributed by atoms with van der Waals surface area (Å²) in [7, 11) is 3.12. The number of hydrogen-bond donors (Lipinski definition) is 1. The van der Waals surface area contributed by atoms with E-state index in [4.69, 9.17) is 14.2 Å². The Labute approximate surface area is 148 Å². The van der Waals surface area contributed by atoms with E-state index < -0.39 is 0 Å². The summed E-state index contributed by atoms with van der Waals surface area (Å²) in [6, 6.07) is 12.6. The van der Waals surface area contributed by atoms with Gasteiger partial charge in [-0.3, -0.25) is 4.79 Å². The zero-order chi connectivity index (χ0) is 17.4. The lowest BCUT2D eigenvalue weighted by Crippen LogP contribution is -2.24. The second kappa shape index (κ2) is 8.93. The minimum Gasteiger partial charge on any atom is -0.496 e. The van der Waals surface area contributed by atoms with Gasteiger partial charge in [0.15, 0.2) is 6.61 Å². The molecule has 0 atom stereocenters. The maximum atomic E-state index is 11.7. The van der Waals surface area contributed by atoms with Crippen LogP contribution < -0.4 is 19.6 Å². The predicted molar refractivity (Wildman–Crippen MR) is 94.9 cm³/mol. The van der Waals surface area contributed by atoms with E-state index in [2.05, 4.69) is 26.5 Å². The number of amides is 1. The lowest BCUT2D eigenvalue weighted by Gasteiger charge is -2.09. The second-order valence-corrected chi connectivity index (χ2v) is 5.48. The molecule has 0 aliphatic heterocycles. The van der Waals surface area contributed by atoms with Gasteiger partial charge in [0.1, 0.15) is 17.2 Å². The van der Waals surface area contributed by atoms with E-state index in [1.54, 1.807) is 38.5 Å². The average Bonchev–Trinajstić information content (AvgIpc) is 2.61. The zero-order valence-electron chi connectivity index (χ0n) is 13.3. The van der Waals surface area contributed by atoms with Gasteiger partial charge in [0.05, 0.1) is 24.9 Å². The monoisotopic (exact) mass is 392 g/mol. The van der Waals surface area contributed by atoms with Gasteiger partial charge in [0.2, 0.25) is 0 Å². The molecule has 0 saturated heterocycles. The van der Waals surface area contributed by atoms with Crippen LogP contribution in [0.5, 0.6) is 17.2 Å². The third kappa shape index (κ3) is 4.99. The van der Waals surface area contributed by atoms with Crippen molar-refractivity contribution in [2.75, 3.05) is 20.8 Å². The summed E-state index contributed by atoms with van der Waals surface area (Å²) < 4.78 is 16.6. The molecule has 2 rings (SSSR count). The third-order valence-corrected chi connectivity index (χ3v) is 3.63. The molecule has 0 aliphatic rings. The van der Waals surface area contributed by atoms with Crippen molar-refractivity contribution in [3.63, 3.8) is 0 Å². The molecule has 0 bridgehead atoms. The summed E-state index contributed by atoms with van der Waals surface area (Å²) in [5.41, 5.74) is 3.09. The standard InChI is InChI=1S/C17H17BrN2O4/c1-22-15-9-16(23-2)14(18)8-12(15)10-19-20-17(21)11-24-13-6-4-3-5-7-13/h3-10H,11H2,1-2H3,(H,20,21)/b19-10-. The number of nitrogens with one attached hydrogen (secondary N) is 1. The second-order valence-electron chi connectivity index (χ2n) is 4.62. The SMILES string of the molecule is COc1cc(OC)c(/C=N\NC(=O)COc2ccccc2)cc1Br. The Kier molecular flexibility index (Phi) is 6.62. The molecule has 2 aromatic rings. The minimum atomic E-state index is -0.360. The van der Waals surface area contributed by atoms with Crippen LogP contribution in [0.3, 0.4) is 0 Å². The Hall–Kier alpha value is -2.54. The largest absolute Gasteiger partial charge is 0.496 e. The number of nitrogens with zero attached hydrogens (tertiary/aromatic N) is 1. The molecule has 0 heterocycles. The number of rotatable bonds is 7. The molecule has 7 heteroatoms. The molecule has 1 amide bonds. The summed E-state index contributed by atoms with van der Waals surface area (Å²) in [6.45, 7) is -0.120. The molecule has 0 aliphatic carbocycles. The maximum absolute atomic E-state index is 11.7. The molecule has 0 fully saturated rings. The lowest BCUT2D eigenvalue weighted by atomic mass is 10.2. The first-order valence-electron chi connectivity index (χ1n) is 7.05.